The minimum atomic E-state index is -0.238. The second-order valence-electron chi connectivity index (χ2n) is 3.82. The molecule has 0 aliphatic heterocycles. The smallest absolute Gasteiger partial charge is 0.252 e. The van der Waals surface area contributed by atoms with Gasteiger partial charge < -0.3 is 5.11 Å². The van der Waals surface area contributed by atoms with Crippen molar-refractivity contribution in [3.8, 4) is 5.75 Å². The third-order valence-electron chi connectivity index (χ3n) is 2.23. The number of hydrogen-bond acceptors (Lipinski definition) is 5. The van der Waals surface area contributed by atoms with Crippen molar-refractivity contribution in [1.82, 2.24) is 9.97 Å². The molecule has 3 N–H and O–H groups in total. The molecule has 0 atom stereocenters. The Kier molecular flexibility index (Phi) is 3.96. The average Bonchev–Trinajstić information content (AvgIpc) is 2.32. The van der Waals surface area contributed by atoms with Crippen molar-refractivity contribution in [3.05, 3.63) is 50.3 Å². The van der Waals surface area contributed by atoms with Gasteiger partial charge in [-0.25, -0.2) is 10.4 Å². The Morgan fingerprint density at radius 1 is 1.47 bits per heavy atom. The third-order valence-corrected chi connectivity index (χ3v) is 2.86. The fraction of sp³-hybridized carbons (Fsp3) is 0.0833. The number of phenols is 1. The molecular formula is C12H11BrN4O2. The second-order valence-corrected chi connectivity index (χ2v) is 4.67. The number of aromatic nitrogens is 2. The summed E-state index contributed by atoms with van der Waals surface area (Å²) >= 11 is 3.21. The minimum absolute atomic E-state index is 0.162. The molecule has 2 aromatic rings. The van der Waals surface area contributed by atoms with Crippen molar-refractivity contribution in [2.24, 2.45) is 5.10 Å². The van der Waals surface area contributed by atoms with E-state index in [1.165, 1.54) is 6.07 Å². The number of nitrogens with zero attached hydrogens (tertiary/aromatic N) is 2. The lowest BCUT2D eigenvalue weighted by Crippen LogP contribution is -2.10. The van der Waals surface area contributed by atoms with Crippen LogP contribution in [0.25, 0.3) is 0 Å². The maximum Gasteiger partial charge on any atom is 0.252 e. The first-order valence-corrected chi connectivity index (χ1v) is 6.19. The number of phenolic OH excluding ortho intramolecular Hbond substituents is 1. The van der Waals surface area contributed by atoms with Crippen LogP contribution in [0.4, 0.5) is 5.95 Å². The molecule has 2 rings (SSSR count). The molecule has 0 saturated carbocycles. The van der Waals surface area contributed by atoms with E-state index in [1.54, 1.807) is 31.3 Å². The zero-order valence-corrected chi connectivity index (χ0v) is 11.6. The Bertz CT molecular complexity index is 682. The lowest BCUT2D eigenvalue weighted by Gasteiger charge is -2.00. The maximum absolute atomic E-state index is 11.2. The topological polar surface area (TPSA) is 90.4 Å². The van der Waals surface area contributed by atoms with Crippen molar-refractivity contribution >= 4 is 28.1 Å². The monoisotopic (exact) mass is 322 g/mol. The molecule has 0 radical (unpaired) electrons. The molecule has 0 fully saturated rings. The molecule has 6 nitrogen and oxygen atoms in total. The van der Waals surface area contributed by atoms with E-state index in [9.17, 15) is 9.90 Å². The van der Waals surface area contributed by atoms with Crippen molar-refractivity contribution in [3.63, 3.8) is 0 Å². The second kappa shape index (κ2) is 5.66. The molecule has 1 heterocycles. The van der Waals surface area contributed by atoms with Gasteiger partial charge in [-0.05, 0) is 46.6 Å². The van der Waals surface area contributed by atoms with Gasteiger partial charge in [0, 0.05) is 11.8 Å². The van der Waals surface area contributed by atoms with Crippen LogP contribution in [0.2, 0.25) is 0 Å². The first kappa shape index (κ1) is 13.3. The Morgan fingerprint density at radius 2 is 2.26 bits per heavy atom. The van der Waals surface area contributed by atoms with Gasteiger partial charge in [-0.1, -0.05) is 0 Å². The van der Waals surface area contributed by atoms with Crippen LogP contribution in [-0.2, 0) is 0 Å². The van der Waals surface area contributed by atoms with E-state index in [1.807, 2.05) is 0 Å². The molecule has 0 saturated heterocycles. The van der Waals surface area contributed by atoms with E-state index in [2.05, 4.69) is 36.4 Å². The van der Waals surface area contributed by atoms with E-state index < -0.39 is 0 Å². The lowest BCUT2D eigenvalue weighted by atomic mass is 10.2. The molecular weight excluding hydrogens is 312 g/mol. The van der Waals surface area contributed by atoms with E-state index in [0.717, 1.165) is 5.56 Å². The summed E-state index contributed by atoms with van der Waals surface area (Å²) < 4.78 is 0.582. The fourth-order valence-electron chi connectivity index (χ4n) is 1.40. The summed E-state index contributed by atoms with van der Waals surface area (Å²) in [5.74, 6) is 0.439. The van der Waals surface area contributed by atoms with Crippen LogP contribution in [0, 0.1) is 6.92 Å². The van der Waals surface area contributed by atoms with Crippen LogP contribution in [-0.4, -0.2) is 21.3 Å². The number of aromatic amines is 1. The fourth-order valence-corrected chi connectivity index (χ4v) is 1.80. The van der Waals surface area contributed by atoms with Gasteiger partial charge >= 0.3 is 0 Å². The normalized spacial score (nSPS) is 10.8. The van der Waals surface area contributed by atoms with Gasteiger partial charge in [-0.3, -0.25) is 9.78 Å². The first-order chi connectivity index (χ1) is 9.04. The Hall–Kier alpha value is -2.15. The predicted molar refractivity (Wildman–Crippen MR) is 76.6 cm³/mol. The summed E-state index contributed by atoms with van der Waals surface area (Å²) in [6.07, 6.45) is 1.55. The van der Waals surface area contributed by atoms with Crippen molar-refractivity contribution < 1.29 is 5.11 Å². The Labute approximate surface area is 117 Å². The van der Waals surface area contributed by atoms with Crippen LogP contribution < -0.4 is 11.0 Å². The molecule has 19 heavy (non-hydrogen) atoms. The minimum Gasteiger partial charge on any atom is -0.507 e. The van der Waals surface area contributed by atoms with Crippen molar-refractivity contribution in [2.75, 3.05) is 5.43 Å². The van der Waals surface area contributed by atoms with Crippen LogP contribution in [0.1, 0.15) is 11.3 Å². The number of rotatable bonds is 3. The number of aryl methyl sites for hydroxylation is 1. The van der Waals surface area contributed by atoms with E-state index in [4.69, 9.17) is 0 Å². The molecule has 0 amide bonds. The molecule has 0 aliphatic carbocycles. The SMILES string of the molecule is Cc1cc(=O)[nH]c(N/N=C\c2ccc(O)c(Br)c2)n1. The van der Waals surface area contributed by atoms with Gasteiger partial charge in [-0.15, -0.1) is 0 Å². The van der Waals surface area contributed by atoms with Gasteiger partial charge in [0.15, 0.2) is 0 Å². The summed E-state index contributed by atoms with van der Waals surface area (Å²) in [6, 6.07) is 6.37. The summed E-state index contributed by atoms with van der Waals surface area (Å²) in [5, 5.41) is 13.3. The third kappa shape index (κ3) is 3.65. The van der Waals surface area contributed by atoms with Gasteiger partial charge in [0.25, 0.3) is 5.56 Å². The number of aromatic hydroxyl groups is 1. The summed E-state index contributed by atoms with van der Waals surface area (Å²) in [5.41, 5.74) is 3.79. The highest BCUT2D eigenvalue weighted by Crippen LogP contribution is 2.23. The summed E-state index contributed by atoms with van der Waals surface area (Å²) in [7, 11) is 0. The first-order valence-electron chi connectivity index (χ1n) is 5.40. The van der Waals surface area contributed by atoms with E-state index in [0.29, 0.717) is 10.2 Å². The number of halogens is 1. The zero-order valence-electron chi connectivity index (χ0n) is 10.0. The largest absolute Gasteiger partial charge is 0.507 e. The lowest BCUT2D eigenvalue weighted by molar-refractivity contribution is 0.472. The standard InChI is InChI=1S/C12H11BrN4O2/c1-7-4-11(19)16-12(15-7)17-14-6-8-2-3-10(18)9(13)5-8/h2-6,18H,1H3,(H2,15,16,17,19)/b14-6-. The van der Waals surface area contributed by atoms with Gasteiger partial charge in [-0.2, -0.15) is 5.10 Å². The number of hydrazone groups is 1. The molecule has 0 aliphatic rings. The summed E-state index contributed by atoms with van der Waals surface area (Å²) in [6.45, 7) is 1.72. The van der Waals surface area contributed by atoms with E-state index >= 15 is 0 Å². The highest BCUT2D eigenvalue weighted by Gasteiger charge is 1.98. The van der Waals surface area contributed by atoms with E-state index in [-0.39, 0.29) is 17.3 Å². The average molecular weight is 323 g/mol. The van der Waals surface area contributed by atoms with Crippen molar-refractivity contribution in [2.45, 2.75) is 6.92 Å². The predicted octanol–water partition coefficient (Wildman–Crippen LogP) is 1.99. The van der Waals surface area contributed by atoms with Gasteiger partial charge in [0.05, 0.1) is 10.7 Å². The number of benzene rings is 1. The van der Waals surface area contributed by atoms with Gasteiger partial charge in [0.1, 0.15) is 5.75 Å². The van der Waals surface area contributed by atoms with Crippen LogP contribution in [0.3, 0.4) is 0 Å². The maximum atomic E-state index is 11.2. The molecule has 0 unspecified atom stereocenters. The quantitative estimate of drug-likeness (QED) is 0.595. The van der Waals surface area contributed by atoms with Gasteiger partial charge in [0.2, 0.25) is 5.95 Å². The van der Waals surface area contributed by atoms with Crippen molar-refractivity contribution in [1.29, 1.82) is 0 Å². The number of H-pyrrole nitrogens is 1. The number of hydrogen-bond donors (Lipinski definition) is 3. The number of anilines is 1. The molecule has 0 spiro atoms. The summed E-state index contributed by atoms with van der Waals surface area (Å²) in [4.78, 5) is 17.8. The van der Waals surface area contributed by atoms with Crippen LogP contribution in [0.5, 0.6) is 5.75 Å². The molecule has 7 heteroatoms. The molecule has 1 aromatic heterocycles. The number of nitrogens with one attached hydrogen (secondary N) is 2. The van der Waals surface area contributed by atoms with Crippen LogP contribution in [0.15, 0.2) is 38.6 Å². The van der Waals surface area contributed by atoms with Crippen LogP contribution >= 0.6 is 15.9 Å². The molecule has 1 aromatic carbocycles. The molecule has 98 valence electrons. The molecule has 0 bridgehead atoms. The Morgan fingerprint density at radius 3 is 2.95 bits per heavy atom. The zero-order chi connectivity index (χ0) is 13.8. The highest BCUT2D eigenvalue weighted by molar-refractivity contribution is 9.10. The highest BCUT2D eigenvalue weighted by atomic mass is 79.9. The Balaban J connectivity index is 2.11.